The lowest BCUT2D eigenvalue weighted by Crippen LogP contribution is -3.28. The molecule has 1 fully saturated rings. The van der Waals surface area contributed by atoms with Gasteiger partial charge in [-0.3, -0.25) is 9.59 Å². The van der Waals surface area contributed by atoms with Gasteiger partial charge in [-0.2, -0.15) is 0 Å². The average molecular weight is 403 g/mol. The normalized spacial score (nSPS) is 19.1. The first kappa shape index (κ1) is 20.3. The van der Waals surface area contributed by atoms with Crippen molar-refractivity contribution in [1.82, 2.24) is 5.32 Å². The van der Waals surface area contributed by atoms with Crippen molar-refractivity contribution < 1.29 is 19.4 Å². The van der Waals surface area contributed by atoms with E-state index in [-0.39, 0.29) is 11.8 Å². The molecule has 7 heteroatoms. The van der Waals surface area contributed by atoms with Crippen LogP contribution in [0.2, 0.25) is 5.02 Å². The molecule has 0 spiro atoms. The highest BCUT2D eigenvalue weighted by Crippen LogP contribution is 2.10. The fourth-order valence-electron chi connectivity index (χ4n) is 3.52. The molecule has 1 saturated heterocycles. The van der Waals surface area contributed by atoms with E-state index in [0.717, 1.165) is 37.7 Å². The van der Waals surface area contributed by atoms with Crippen LogP contribution in [0.3, 0.4) is 0 Å². The predicted octanol–water partition coefficient (Wildman–Crippen LogP) is -0.378. The summed E-state index contributed by atoms with van der Waals surface area (Å²) in [5.41, 5.74) is 2.47. The van der Waals surface area contributed by atoms with Crippen molar-refractivity contribution in [2.45, 2.75) is 6.54 Å². The summed E-state index contributed by atoms with van der Waals surface area (Å²) < 4.78 is 0. The lowest BCUT2D eigenvalue weighted by Gasteiger charge is -2.29. The summed E-state index contributed by atoms with van der Waals surface area (Å²) in [4.78, 5) is 26.9. The smallest absolute Gasteiger partial charge is 0.279 e. The maximum atomic E-state index is 12.4. The maximum Gasteiger partial charge on any atom is 0.279 e. The zero-order chi connectivity index (χ0) is 19.9. The van der Waals surface area contributed by atoms with Crippen LogP contribution in [0, 0.1) is 0 Å². The molecule has 0 saturated carbocycles. The summed E-state index contributed by atoms with van der Waals surface area (Å²) in [5.74, 6) is -0.188. The van der Waals surface area contributed by atoms with Crippen LogP contribution in [-0.2, 0) is 11.3 Å². The zero-order valence-corrected chi connectivity index (χ0v) is 16.8. The van der Waals surface area contributed by atoms with E-state index < -0.39 is 0 Å². The van der Waals surface area contributed by atoms with Crippen LogP contribution in [0.25, 0.3) is 0 Å². The third-order valence-electron chi connectivity index (χ3n) is 5.08. The van der Waals surface area contributed by atoms with E-state index in [9.17, 15) is 9.59 Å². The van der Waals surface area contributed by atoms with E-state index in [1.165, 1.54) is 15.4 Å². The number of anilines is 1. The molecule has 0 atom stereocenters. The second-order valence-electron chi connectivity index (χ2n) is 7.19. The molecule has 2 aromatic rings. The predicted molar refractivity (Wildman–Crippen MR) is 110 cm³/mol. The topological polar surface area (TPSA) is 67.1 Å². The summed E-state index contributed by atoms with van der Waals surface area (Å²) in [6.45, 7) is 5.44. The molecular weight excluding hydrogens is 376 g/mol. The third-order valence-corrected chi connectivity index (χ3v) is 5.33. The molecule has 28 heavy (non-hydrogen) atoms. The second-order valence-corrected chi connectivity index (χ2v) is 7.62. The Balaban J connectivity index is 1.45. The van der Waals surface area contributed by atoms with Gasteiger partial charge in [-0.15, -0.1) is 0 Å². The Hall–Kier alpha value is -2.41. The van der Waals surface area contributed by atoms with Crippen LogP contribution >= 0.6 is 11.6 Å². The first-order valence-corrected chi connectivity index (χ1v) is 9.95. The Kier molecular flexibility index (Phi) is 7.03. The van der Waals surface area contributed by atoms with Crippen molar-refractivity contribution in [2.75, 3.05) is 45.1 Å². The van der Waals surface area contributed by atoms with Crippen LogP contribution < -0.4 is 20.4 Å². The molecule has 2 aromatic carbocycles. The van der Waals surface area contributed by atoms with Gasteiger partial charge in [-0.25, -0.2) is 0 Å². The van der Waals surface area contributed by atoms with Gasteiger partial charge in [0.05, 0.1) is 0 Å². The van der Waals surface area contributed by atoms with Crippen molar-refractivity contribution in [3.05, 3.63) is 64.7 Å². The van der Waals surface area contributed by atoms with E-state index in [1.54, 1.807) is 31.3 Å². The number of carbonyl (C=O) groups excluding carboxylic acids is 2. The fraction of sp³-hybridized carbons (Fsp3) is 0.333. The molecule has 148 valence electrons. The summed E-state index contributed by atoms with van der Waals surface area (Å²) >= 11 is 5.94. The summed E-state index contributed by atoms with van der Waals surface area (Å²) in [7, 11) is 1.59. The summed E-state index contributed by atoms with van der Waals surface area (Å²) in [6.07, 6.45) is 0. The fourth-order valence-corrected chi connectivity index (χ4v) is 3.64. The number of amides is 2. The highest BCUT2D eigenvalue weighted by Gasteiger charge is 2.25. The number of halogens is 1. The lowest BCUT2D eigenvalue weighted by atomic mass is 10.2. The van der Waals surface area contributed by atoms with E-state index in [4.69, 9.17) is 11.6 Å². The van der Waals surface area contributed by atoms with Crippen molar-refractivity contribution in [2.24, 2.45) is 0 Å². The third kappa shape index (κ3) is 5.79. The molecule has 0 aromatic heterocycles. The molecule has 3 rings (SSSR count). The summed E-state index contributed by atoms with van der Waals surface area (Å²) in [5, 5.41) is 6.26. The number of benzene rings is 2. The van der Waals surface area contributed by atoms with Gasteiger partial charge in [-0.1, -0.05) is 29.8 Å². The summed E-state index contributed by atoms with van der Waals surface area (Å²) in [6, 6.07) is 15.0. The minimum atomic E-state index is -0.165. The molecule has 6 nitrogen and oxygen atoms in total. The standard InChI is InChI=1S/C21H25ClN4O2/c1-23-21(28)17-3-2-4-19(13-17)24-20(27)15-26-11-9-25(10-12-26)14-16-5-7-18(22)8-6-16/h2-8,13H,9-12,14-15H2,1H3,(H,23,28)(H,24,27)/p+2. The van der Waals surface area contributed by atoms with Crippen LogP contribution in [0.4, 0.5) is 5.69 Å². The maximum absolute atomic E-state index is 12.4. The first-order valence-electron chi connectivity index (χ1n) is 9.57. The van der Waals surface area contributed by atoms with E-state index in [0.29, 0.717) is 17.8 Å². The van der Waals surface area contributed by atoms with Gasteiger partial charge in [0.1, 0.15) is 32.7 Å². The number of piperazine rings is 1. The van der Waals surface area contributed by atoms with Gasteiger partial charge >= 0.3 is 0 Å². The largest absolute Gasteiger partial charge is 0.355 e. The molecular formula is C21H27ClN4O2+2. The van der Waals surface area contributed by atoms with Gasteiger partial charge in [0.2, 0.25) is 0 Å². The SMILES string of the molecule is CNC(=O)c1cccc(NC(=O)C[NH+]2CC[NH+](Cc3ccc(Cl)cc3)CC2)c1. The molecule has 1 aliphatic rings. The number of quaternary nitrogens is 2. The Morgan fingerprint density at radius 2 is 1.68 bits per heavy atom. The lowest BCUT2D eigenvalue weighted by molar-refractivity contribution is -1.02. The number of carbonyl (C=O) groups is 2. The number of rotatable bonds is 6. The van der Waals surface area contributed by atoms with Gasteiger partial charge in [0.15, 0.2) is 6.54 Å². The molecule has 0 unspecified atom stereocenters. The molecule has 1 aliphatic heterocycles. The highest BCUT2D eigenvalue weighted by atomic mass is 35.5. The minimum Gasteiger partial charge on any atom is -0.355 e. The Bertz CT molecular complexity index is 817. The Morgan fingerprint density at radius 3 is 2.36 bits per heavy atom. The minimum absolute atomic E-state index is 0.0230. The molecule has 4 N–H and O–H groups in total. The molecule has 0 aliphatic carbocycles. The van der Waals surface area contributed by atoms with Crippen molar-refractivity contribution in [1.29, 1.82) is 0 Å². The van der Waals surface area contributed by atoms with Crippen LogP contribution in [0.5, 0.6) is 0 Å². The van der Waals surface area contributed by atoms with E-state index in [2.05, 4.69) is 22.8 Å². The van der Waals surface area contributed by atoms with Crippen molar-refractivity contribution in [3.63, 3.8) is 0 Å². The molecule has 2 amide bonds. The zero-order valence-electron chi connectivity index (χ0n) is 16.1. The quantitative estimate of drug-likeness (QED) is 0.532. The van der Waals surface area contributed by atoms with Crippen molar-refractivity contribution >= 4 is 29.1 Å². The van der Waals surface area contributed by atoms with E-state index >= 15 is 0 Å². The number of hydrogen-bond donors (Lipinski definition) is 4. The monoisotopic (exact) mass is 402 g/mol. The Morgan fingerprint density at radius 1 is 1.00 bits per heavy atom. The van der Waals surface area contributed by atoms with Crippen molar-refractivity contribution in [3.8, 4) is 0 Å². The van der Waals surface area contributed by atoms with Crippen LogP contribution in [0.1, 0.15) is 15.9 Å². The molecule has 0 bridgehead atoms. The second kappa shape index (κ2) is 9.68. The number of hydrogen-bond acceptors (Lipinski definition) is 2. The van der Waals surface area contributed by atoms with Crippen LogP contribution in [0.15, 0.2) is 48.5 Å². The van der Waals surface area contributed by atoms with E-state index in [1.807, 2.05) is 12.1 Å². The molecule has 1 heterocycles. The highest BCUT2D eigenvalue weighted by molar-refractivity contribution is 6.30. The number of nitrogens with one attached hydrogen (secondary N) is 4. The van der Waals surface area contributed by atoms with Crippen LogP contribution in [-0.4, -0.2) is 51.6 Å². The van der Waals surface area contributed by atoms with Gasteiger partial charge in [0.25, 0.3) is 11.8 Å². The first-order chi connectivity index (χ1) is 13.5. The van der Waals surface area contributed by atoms with Gasteiger partial charge in [-0.05, 0) is 30.3 Å². The molecule has 0 radical (unpaired) electrons. The Labute approximate surface area is 170 Å². The average Bonchev–Trinajstić information content (AvgIpc) is 2.70. The van der Waals surface area contributed by atoms with Gasteiger partial charge < -0.3 is 20.4 Å². The van der Waals surface area contributed by atoms with Gasteiger partial charge in [0, 0.05) is 28.9 Å².